The minimum absolute atomic E-state index is 0.113. The molecule has 0 saturated carbocycles. The van der Waals surface area contributed by atoms with Crippen LogP contribution in [0.15, 0.2) is 67.3 Å². The van der Waals surface area contributed by atoms with Gasteiger partial charge in [0.1, 0.15) is 18.1 Å². The molecule has 2 rings (SSSR count). The van der Waals surface area contributed by atoms with E-state index in [4.69, 9.17) is 18.9 Å². The van der Waals surface area contributed by atoms with Gasteiger partial charge in [0.05, 0.1) is 13.7 Å². The Kier molecular flexibility index (Phi) is 10.3. The van der Waals surface area contributed by atoms with Crippen LogP contribution in [0.5, 0.6) is 5.75 Å². The fourth-order valence-corrected chi connectivity index (χ4v) is 3.81. The van der Waals surface area contributed by atoms with E-state index in [2.05, 4.69) is 6.58 Å². The van der Waals surface area contributed by atoms with Crippen LogP contribution in [0, 0.1) is 0 Å². The van der Waals surface area contributed by atoms with Gasteiger partial charge in [-0.2, -0.15) is 0 Å². The Morgan fingerprint density at radius 3 is 2.26 bits per heavy atom. The molecule has 190 valence electrons. The maximum atomic E-state index is 13.8. The lowest BCUT2D eigenvalue weighted by molar-refractivity contribution is -0.161. The van der Waals surface area contributed by atoms with E-state index in [1.165, 1.54) is 12.0 Å². The predicted octanol–water partition coefficient (Wildman–Crippen LogP) is 5.18. The predicted molar refractivity (Wildman–Crippen MR) is 135 cm³/mol. The molecular weight excluding hydrogens is 446 g/mol. The van der Waals surface area contributed by atoms with Crippen LogP contribution in [0.3, 0.4) is 0 Å². The van der Waals surface area contributed by atoms with Gasteiger partial charge >= 0.3 is 12.1 Å². The highest BCUT2D eigenvalue weighted by molar-refractivity contribution is 5.86. The van der Waals surface area contributed by atoms with Gasteiger partial charge in [-0.15, -0.1) is 6.58 Å². The first kappa shape index (κ1) is 27.9. The minimum Gasteiger partial charge on any atom is -0.496 e. The van der Waals surface area contributed by atoms with Crippen molar-refractivity contribution in [2.45, 2.75) is 51.2 Å². The maximum absolute atomic E-state index is 13.8. The van der Waals surface area contributed by atoms with E-state index in [1.54, 1.807) is 34.0 Å². The molecule has 7 heteroatoms. The number of methoxy groups -OCH3 is 2. The molecule has 0 aliphatic heterocycles. The number of carbonyl (C=O) groups is 2. The van der Waals surface area contributed by atoms with Gasteiger partial charge in [-0.05, 0) is 44.4 Å². The third-order valence-corrected chi connectivity index (χ3v) is 5.39. The lowest BCUT2D eigenvalue weighted by atomic mass is 9.86. The molecule has 2 aromatic rings. The molecule has 35 heavy (non-hydrogen) atoms. The lowest BCUT2D eigenvalue weighted by Gasteiger charge is -2.41. The number of para-hydroxylation sites is 1. The van der Waals surface area contributed by atoms with Crippen molar-refractivity contribution in [2.24, 2.45) is 0 Å². The summed E-state index contributed by atoms with van der Waals surface area (Å²) in [4.78, 5) is 28.4. The highest BCUT2D eigenvalue weighted by Gasteiger charge is 2.48. The van der Waals surface area contributed by atoms with E-state index in [1.807, 2.05) is 54.6 Å². The van der Waals surface area contributed by atoms with Crippen LogP contribution >= 0.6 is 0 Å². The highest BCUT2D eigenvalue weighted by Crippen LogP contribution is 2.30. The Labute approximate surface area is 208 Å². The zero-order valence-electron chi connectivity index (χ0n) is 21.4. The van der Waals surface area contributed by atoms with E-state index >= 15 is 0 Å². The normalized spacial score (nSPS) is 12.8. The summed E-state index contributed by atoms with van der Waals surface area (Å²) >= 11 is 0. The summed E-state index contributed by atoms with van der Waals surface area (Å²) in [7, 11) is 3.06. The zero-order valence-corrected chi connectivity index (χ0v) is 21.4. The van der Waals surface area contributed by atoms with E-state index in [0.717, 1.165) is 16.9 Å². The fourth-order valence-electron chi connectivity index (χ4n) is 3.81. The van der Waals surface area contributed by atoms with Crippen molar-refractivity contribution in [3.8, 4) is 5.75 Å². The van der Waals surface area contributed by atoms with Crippen LogP contribution in [0.4, 0.5) is 4.79 Å². The molecule has 0 unspecified atom stereocenters. The average Bonchev–Trinajstić information content (AvgIpc) is 2.82. The number of carbonyl (C=O) groups excluding carboxylic acids is 2. The Hall–Kier alpha value is -3.32. The number of nitrogens with zero attached hydrogens (tertiary/aromatic N) is 1. The molecule has 0 fully saturated rings. The molecule has 0 spiro atoms. The summed E-state index contributed by atoms with van der Waals surface area (Å²) in [6, 6.07) is 17.0. The molecule has 0 bridgehead atoms. The molecule has 1 amide bonds. The van der Waals surface area contributed by atoms with Crippen LogP contribution in [0.2, 0.25) is 0 Å². The van der Waals surface area contributed by atoms with Crippen molar-refractivity contribution in [2.75, 3.05) is 27.6 Å². The van der Waals surface area contributed by atoms with Crippen LogP contribution < -0.4 is 4.74 Å². The number of benzene rings is 2. The largest absolute Gasteiger partial charge is 0.496 e. The first-order valence-electron chi connectivity index (χ1n) is 11.6. The molecule has 2 aromatic carbocycles. The third kappa shape index (κ3) is 7.86. The highest BCUT2D eigenvalue weighted by atomic mass is 16.6. The van der Waals surface area contributed by atoms with Gasteiger partial charge in [0.15, 0.2) is 5.54 Å². The Morgan fingerprint density at radius 1 is 1.00 bits per heavy atom. The van der Waals surface area contributed by atoms with Crippen molar-refractivity contribution in [1.82, 2.24) is 4.90 Å². The van der Waals surface area contributed by atoms with E-state index in [-0.39, 0.29) is 26.2 Å². The zero-order chi connectivity index (χ0) is 25.9. The second-order valence-electron chi connectivity index (χ2n) is 9.21. The van der Waals surface area contributed by atoms with Gasteiger partial charge in [-0.3, -0.25) is 4.90 Å². The van der Waals surface area contributed by atoms with Crippen molar-refractivity contribution in [1.29, 1.82) is 0 Å². The van der Waals surface area contributed by atoms with Gasteiger partial charge in [0.25, 0.3) is 0 Å². The quantitative estimate of drug-likeness (QED) is 0.235. The summed E-state index contributed by atoms with van der Waals surface area (Å²) in [5.41, 5.74) is -0.395. The van der Waals surface area contributed by atoms with Gasteiger partial charge < -0.3 is 18.9 Å². The average molecular weight is 484 g/mol. The van der Waals surface area contributed by atoms with E-state index < -0.39 is 23.2 Å². The molecule has 0 saturated heterocycles. The SMILES string of the molecule is C=CC[C@](Cc1ccccc1)(C(=O)OCCc1ccccc1OC)N(COC)C(=O)OC(C)(C)C. The van der Waals surface area contributed by atoms with Crippen LogP contribution in [0.1, 0.15) is 38.3 Å². The van der Waals surface area contributed by atoms with Gasteiger partial charge in [-0.1, -0.05) is 54.6 Å². The number of hydrogen-bond donors (Lipinski definition) is 0. The van der Waals surface area contributed by atoms with E-state index in [0.29, 0.717) is 6.42 Å². The number of esters is 1. The Balaban J connectivity index is 2.41. The maximum Gasteiger partial charge on any atom is 0.413 e. The number of ether oxygens (including phenoxy) is 4. The van der Waals surface area contributed by atoms with Crippen molar-refractivity contribution in [3.05, 3.63) is 78.4 Å². The van der Waals surface area contributed by atoms with Crippen molar-refractivity contribution in [3.63, 3.8) is 0 Å². The summed E-state index contributed by atoms with van der Waals surface area (Å²) in [6.07, 6.45) is 1.76. The summed E-state index contributed by atoms with van der Waals surface area (Å²) in [5, 5.41) is 0. The first-order valence-corrected chi connectivity index (χ1v) is 11.6. The first-order chi connectivity index (χ1) is 16.7. The smallest absolute Gasteiger partial charge is 0.413 e. The molecular formula is C28H37NO6. The number of rotatable bonds is 12. The lowest BCUT2D eigenvalue weighted by Crippen LogP contribution is -2.60. The Bertz CT molecular complexity index is 969. The number of hydrogen-bond acceptors (Lipinski definition) is 6. The van der Waals surface area contributed by atoms with Crippen molar-refractivity contribution < 1.29 is 28.5 Å². The molecule has 0 aromatic heterocycles. The van der Waals surface area contributed by atoms with Gasteiger partial charge in [-0.25, -0.2) is 9.59 Å². The molecule has 1 atom stereocenters. The molecule has 0 aliphatic rings. The molecule has 0 aliphatic carbocycles. The summed E-state index contributed by atoms with van der Waals surface area (Å²) in [5.74, 6) is 0.166. The molecule has 0 N–H and O–H groups in total. The van der Waals surface area contributed by atoms with Crippen LogP contribution in [-0.4, -0.2) is 55.7 Å². The van der Waals surface area contributed by atoms with Crippen molar-refractivity contribution >= 4 is 12.1 Å². The molecule has 7 nitrogen and oxygen atoms in total. The summed E-state index contributed by atoms with van der Waals surface area (Å²) in [6.45, 7) is 9.13. The topological polar surface area (TPSA) is 74.3 Å². The van der Waals surface area contributed by atoms with Crippen LogP contribution in [-0.2, 0) is 31.8 Å². The van der Waals surface area contributed by atoms with Gasteiger partial charge in [0, 0.05) is 20.0 Å². The minimum atomic E-state index is -1.41. The van der Waals surface area contributed by atoms with Gasteiger partial charge in [0.2, 0.25) is 0 Å². The third-order valence-electron chi connectivity index (χ3n) is 5.39. The fraction of sp³-hybridized carbons (Fsp3) is 0.429. The Morgan fingerprint density at radius 2 is 1.66 bits per heavy atom. The van der Waals surface area contributed by atoms with E-state index in [9.17, 15) is 9.59 Å². The standard InChI is InChI=1S/C28H37NO6/c1-7-18-28(20-22-13-9-8-10-14-22,29(21-32-5)26(31)35-27(2,3)4)25(30)34-19-17-23-15-11-12-16-24(23)33-6/h7-16H,1,17-21H2,2-6H3/t28-/m0/s1. The summed E-state index contributed by atoms with van der Waals surface area (Å²) < 4.78 is 22.2. The second-order valence-corrected chi connectivity index (χ2v) is 9.21. The number of amides is 1. The molecule has 0 heterocycles. The van der Waals surface area contributed by atoms with Crippen LogP contribution in [0.25, 0.3) is 0 Å². The molecule has 0 radical (unpaired) electrons. The monoisotopic (exact) mass is 483 g/mol. The second kappa shape index (κ2) is 13.0.